The molecule has 0 aromatic heterocycles. The number of nitrogens with zero attached hydrogens (tertiary/aromatic N) is 3. The van der Waals surface area contributed by atoms with Crippen molar-refractivity contribution in [3.05, 3.63) is 24.0 Å². The molecule has 0 amide bonds. The van der Waals surface area contributed by atoms with Crippen molar-refractivity contribution in [1.29, 1.82) is 0 Å². The van der Waals surface area contributed by atoms with E-state index in [-0.39, 0.29) is 5.82 Å². The van der Waals surface area contributed by atoms with E-state index in [0.29, 0.717) is 11.8 Å². The van der Waals surface area contributed by atoms with Crippen molar-refractivity contribution in [3.63, 3.8) is 0 Å². The van der Waals surface area contributed by atoms with E-state index >= 15 is 0 Å². The maximum Gasteiger partial charge on any atom is 0.167 e. The highest BCUT2D eigenvalue weighted by Crippen LogP contribution is 2.28. The Labute approximate surface area is 145 Å². The minimum Gasteiger partial charge on any atom is -0.494 e. The lowest BCUT2D eigenvalue weighted by Gasteiger charge is -2.46. The molecule has 1 aromatic carbocycles. The van der Waals surface area contributed by atoms with E-state index in [4.69, 9.17) is 4.74 Å². The Morgan fingerprint density at radius 3 is 2.46 bits per heavy atom. The van der Waals surface area contributed by atoms with Crippen LogP contribution in [0.2, 0.25) is 0 Å². The molecule has 1 heterocycles. The summed E-state index contributed by atoms with van der Waals surface area (Å²) in [7, 11) is 1.51. The van der Waals surface area contributed by atoms with Gasteiger partial charge in [-0.1, -0.05) is 32.6 Å². The van der Waals surface area contributed by atoms with Crippen LogP contribution in [0, 0.1) is 5.82 Å². The van der Waals surface area contributed by atoms with Crippen LogP contribution in [-0.4, -0.2) is 49.5 Å². The van der Waals surface area contributed by atoms with Crippen LogP contribution in [-0.2, 0) is 0 Å². The van der Waals surface area contributed by atoms with E-state index in [2.05, 4.69) is 21.6 Å². The molecule has 1 saturated heterocycles. The van der Waals surface area contributed by atoms with Crippen LogP contribution in [0.5, 0.6) is 5.75 Å². The van der Waals surface area contributed by atoms with Crippen LogP contribution in [0.25, 0.3) is 0 Å². The second-order valence-corrected chi connectivity index (χ2v) is 7.00. The van der Waals surface area contributed by atoms with E-state index in [0.717, 1.165) is 32.2 Å². The lowest BCUT2D eigenvalue weighted by Crippen LogP contribution is -2.57. The highest BCUT2D eigenvalue weighted by molar-refractivity contribution is 5.50. The predicted octanol–water partition coefficient (Wildman–Crippen LogP) is 3.87. The Morgan fingerprint density at radius 1 is 1.08 bits per heavy atom. The van der Waals surface area contributed by atoms with Gasteiger partial charge in [0.1, 0.15) is 0 Å². The Morgan fingerprint density at radius 2 is 1.83 bits per heavy atom. The van der Waals surface area contributed by atoms with Gasteiger partial charge < -0.3 is 9.64 Å². The van der Waals surface area contributed by atoms with Crippen molar-refractivity contribution in [2.24, 2.45) is 0 Å². The molecule has 24 heavy (non-hydrogen) atoms. The van der Waals surface area contributed by atoms with Crippen LogP contribution in [0.15, 0.2) is 18.2 Å². The Bertz CT molecular complexity index is 531. The van der Waals surface area contributed by atoms with Crippen molar-refractivity contribution >= 4 is 5.69 Å². The van der Waals surface area contributed by atoms with Gasteiger partial charge in [-0.25, -0.2) is 4.39 Å². The zero-order valence-corrected chi connectivity index (χ0v) is 15.0. The summed E-state index contributed by atoms with van der Waals surface area (Å²) in [5.74, 6) is 0.0216. The fourth-order valence-electron chi connectivity index (χ4n) is 3.92. The molecule has 0 atom stereocenters. The molecule has 0 spiro atoms. The molecule has 1 aliphatic heterocycles. The van der Waals surface area contributed by atoms with Gasteiger partial charge in [-0.15, -0.1) is 0 Å². The number of rotatable bonds is 4. The van der Waals surface area contributed by atoms with E-state index in [1.54, 1.807) is 12.1 Å². The van der Waals surface area contributed by atoms with Gasteiger partial charge in [0, 0.05) is 17.8 Å². The number of benzene rings is 1. The molecule has 4 nitrogen and oxygen atoms in total. The van der Waals surface area contributed by atoms with Crippen molar-refractivity contribution in [1.82, 2.24) is 9.80 Å². The maximum atomic E-state index is 14.1. The molecule has 134 valence electrons. The average Bonchev–Trinajstić information content (AvgIpc) is 2.90. The molecule has 3 rings (SSSR count). The third-order valence-electron chi connectivity index (χ3n) is 5.39. The number of methoxy groups -OCH3 is 1. The first-order chi connectivity index (χ1) is 11.7. The third-order valence-corrected chi connectivity index (χ3v) is 5.39. The van der Waals surface area contributed by atoms with Crippen molar-refractivity contribution in [2.75, 3.05) is 38.6 Å². The summed E-state index contributed by atoms with van der Waals surface area (Å²) >= 11 is 0. The van der Waals surface area contributed by atoms with Crippen molar-refractivity contribution in [2.45, 2.75) is 51.5 Å². The first-order valence-corrected chi connectivity index (χ1v) is 9.26. The van der Waals surface area contributed by atoms with Crippen LogP contribution >= 0.6 is 0 Å². The summed E-state index contributed by atoms with van der Waals surface area (Å²) in [5.41, 5.74) is 0.935. The smallest absolute Gasteiger partial charge is 0.167 e. The molecule has 1 aromatic rings. The maximum absolute atomic E-state index is 14.1. The fourth-order valence-corrected chi connectivity index (χ4v) is 3.92. The van der Waals surface area contributed by atoms with E-state index < -0.39 is 0 Å². The zero-order valence-electron chi connectivity index (χ0n) is 15.0. The fraction of sp³-hybridized carbons (Fsp3) is 0.684. The van der Waals surface area contributed by atoms with Crippen LogP contribution in [0.1, 0.15) is 45.4 Å². The van der Waals surface area contributed by atoms with Crippen LogP contribution in [0.3, 0.4) is 0 Å². The lowest BCUT2D eigenvalue weighted by atomic mass is 10.1. The molecule has 0 bridgehead atoms. The largest absolute Gasteiger partial charge is 0.494 e. The topological polar surface area (TPSA) is 19.0 Å². The Kier molecular flexibility index (Phi) is 5.95. The summed E-state index contributed by atoms with van der Waals surface area (Å²) < 4.78 is 19.2. The normalized spacial score (nSPS) is 21.7. The van der Waals surface area contributed by atoms with Crippen LogP contribution in [0.4, 0.5) is 10.1 Å². The second-order valence-electron chi connectivity index (χ2n) is 7.00. The zero-order chi connectivity index (χ0) is 16.9. The summed E-state index contributed by atoms with van der Waals surface area (Å²) in [5, 5.41) is 0. The molecule has 1 saturated carbocycles. The Balaban J connectivity index is 1.75. The predicted molar refractivity (Wildman–Crippen MR) is 95.7 cm³/mol. The third kappa shape index (κ3) is 4.01. The minimum absolute atomic E-state index is 0.287. The molecule has 2 fully saturated rings. The highest BCUT2D eigenvalue weighted by Gasteiger charge is 2.28. The first-order valence-electron chi connectivity index (χ1n) is 9.26. The number of anilines is 1. The van der Waals surface area contributed by atoms with Gasteiger partial charge in [-0.05, 0) is 31.5 Å². The monoisotopic (exact) mass is 335 g/mol. The molecule has 5 heteroatoms. The van der Waals surface area contributed by atoms with E-state index in [9.17, 15) is 4.39 Å². The number of halogens is 1. The first kappa shape index (κ1) is 17.5. The number of ether oxygens (including phenoxy) is 1. The Hall–Kier alpha value is -1.33. The van der Waals surface area contributed by atoms with Gasteiger partial charge in [0.2, 0.25) is 0 Å². The van der Waals surface area contributed by atoms with Gasteiger partial charge >= 0.3 is 0 Å². The summed E-state index contributed by atoms with van der Waals surface area (Å²) in [4.78, 5) is 7.29. The standard InChI is InChI=1S/C19H30FN3O/c1-3-21-13-22(16-8-6-4-5-7-9-16)15-23(14-21)17-10-11-19(24-2)18(20)12-17/h10-12,16H,3-9,13-15H2,1-2H3. The SMILES string of the molecule is CCN1CN(c2ccc(OC)c(F)c2)CN(C2CCCCCC2)C1. The molecular weight excluding hydrogens is 305 g/mol. The second kappa shape index (κ2) is 8.17. The van der Waals surface area contributed by atoms with Gasteiger partial charge in [0.05, 0.1) is 27.1 Å². The average molecular weight is 335 g/mol. The highest BCUT2D eigenvalue weighted by atomic mass is 19.1. The van der Waals surface area contributed by atoms with Crippen molar-refractivity contribution in [3.8, 4) is 5.75 Å². The van der Waals surface area contributed by atoms with E-state index in [1.807, 2.05) is 6.07 Å². The van der Waals surface area contributed by atoms with Gasteiger partial charge in [0.25, 0.3) is 0 Å². The quantitative estimate of drug-likeness (QED) is 0.777. The van der Waals surface area contributed by atoms with Gasteiger partial charge in [-0.2, -0.15) is 0 Å². The summed E-state index contributed by atoms with van der Waals surface area (Å²) in [6, 6.07) is 5.95. The molecular formula is C19H30FN3O. The molecule has 0 radical (unpaired) electrons. The van der Waals surface area contributed by atoms with E-state index in [1.165, 1.54) is 45.6 Å². The molecule has 1 aliphatic carbocycles. The number of hydrogen-bond donors (Lipinski definition) is 0. The van der Waals surface area contributed by atoms with Gasteiger partial charge in [-0.3, -0.25) is 9.80 Å². The van der Waals surface area contributed by atoms with Gasteiger partial charge in [0.15, 0.2) is 11.6 Å². The lowest BCUT2D eigenvalue weighted by molar-refractivity contribution is 0.0509. The molecule has 0 N–H and O–H groups in total. The molecule has 2 aliphatic rings. The number of hydrogen-bond acceptors (Lipinski definition) is 4. The summed E-state index contributed by atoms with van der Waals surface area (Å²) in [6.07, 6.45) is 8.00. The molecule has 0 unspecified atom stereocenters. The summed E-state index contributed by atoms with van der Waals surface area (Å²) in [6.45, 7) is 5.97. The van der Waals surface area contributed by atoms with Crippen LogP contribution < -0.4 is 9.64 Å². The minimum atomic E-state index is -0.287. The van der Waals surface area contributed by atoms with Crippen molar-refractivity contribution < 1.29 is 9.13 Å².